The van der Waals surface area contributed by atoms with Crippen molar-refractivity contribution in [3.8, 4) is 0 Å². The molecule has 1 N–H and O–H groups in total. The van der Waals surface area contributed by atoms with Gasteiger partial charge in [-0.25, -0.2) is 0 Å². The molecule has 0 radical (unpaired) electrons. The van der Waals surface area contributed by atoms with E-state index in [9.17, 15) is 18.0 Å². The maximum absolute atomic E-state index is 11.8. The molecule has 0 heterocycles. The number of aliphatic carboxylic acids is 1. The van der Waals surface area contributed by atoms with Gasteiger partial charge >= 0.3 is 11.9 Å². The summed E-state index contributed by atoms with van der Waals surface area (Å²) >= 11 is 0. The minimum absolute atomic E-state index is 0.00514. The minimum atomic E-state index is -3.86. The molecule has 128 valence electrons. The van der Waals surface area contributed by atoms with Crippen LogP contribution in [0.2, 0.25) is 0 Å². The first-order chi connectivity index (χ1) is 10.8. The molecule has 0 aromatic heterocycles. The summed E-state index contributed by atoms with van der Waals surface area (Å²) in [5.41, 5.74) is 0.931. The summed E-state index contributed by atoms with van der Waals surface area (Å²) in [7, 11) is -3.86. The molecule has 1 aromatic rings. The highest BCUT2D eigenvalue weighted by Crippen LogP contribution is 2.13. The van der Waals surface area contributed by atoms with E-state index in [1.54, 1.807) is 12.1 Å². The quantitative estimate of drug-likeness (QED) is 0.392. The van der Waals surface area contributed by atoms with Gasteiger partial charge in [0.25, 0.3) is 10.1 Å². The molecule has 23 heavy (non-hydrogen) atoms. The van der Waals surface area contributed by atoms with E-state index in [-0.39, 0.29) is 31.0 Å². The molecule has 0 aliphatic heterocycles. The zero-order chi connectivity index (χ0) is 17.3. The van der Waals surface area contributed by atoms with Crippen LogP contribution in [0.25, 0.3) is 0 Å². The van der Waals surface area contributed by atoms with E-state index in [1.165, 1.54) is 12.1 Å². The average molecular weight is 344 g/mol. The Morgan fingerprint density at radius 2 is 1.65 bits per heavy atom. The normalized spacial score (nSPS) is 11.2. The van der Waals surface area contributed by atoms with E-state index in [4.69, 9.17) is 14.0 Å². The zero-order valence-corrected chi connectivity index (χ0v) is 13.7. The van der Waals surface area contributed by atoms with Gasteiger partial charge in [-0.3, -0.25) is 13.8 Å². The van der Waals surface area contributed by atoms with Crippen LogP contribution >= 0.6 is 0 Å². The van der Waals surface area contributed by atoms with Crippen LogP contribution in [0.4, 0.5) is 0 Å². The van der Waals surface area contributed by atoms with Crippen molar-refractivity contribution in [3.63, 3.8) is 0 Å². The maximum Gasteiger partial charge on any atom is 0.305 e. The number of hydrogen-bond acceptors (Lipinski definition) is 6. The highest BCUT2D eigenvalue weighted by atomic mass is 32.2. The number of carbonyl (C=O) groups excluding carboxylic acids is 1. The molecular formula is C15H20O7S. The molecular weight excluding hydrogens is 324 g/mol. The van der Waals surface area contributed by atoms with Gasteiger partial charge in [-0.1, -0.05) is 17.7 Å². The minimum Gasteiger partial charge on any atom is -0.481 e. The Morgan fingerprint density at radius 1 is 1.04 bits per heavy atom. The van der Waals surface area contributed by atoms with E-state index < -0.39 is 22.1 Å². The molecule has 7 nitrogen and oxygen atoms in total. The average Bonchev–Trinajstić information content (AvgIpc) is 2.48. The zero-order valence-electron chi connectivity index (χ0n) is 12.9. The van der Waals surface area contributed by atoms with Crippen LogP contribution in [-0.4, -0.2) is 38.7 Å². The number of esters is 1. The van der Waals surface area contributed by atoms with Gasteiger partial charge in [-0.15, -0.1) is 0 Å². The van der Waals surface area contributed by atoms with Gasteiger partial charge in [-0.2, -0.15) is 8.42 Å². The lowest BCUT2D eigenvalue weighted by molar-refractivity contribution is -0.145. The van der Waals surface area contributed by atoms with Crippen LogP contribution in [0.5, 0.6) is 0 Å². The van der Waals surface area contributed by atoms with Crippen molar-refractivity contribution >= 4 is 22.1 Å². The SMILES string of the molecule is Cc1ccc(S(=O)(=O)OCCOC(=O)CCCCC(=O)O)cc1. The molecule has 0 fully saturated rings. The molecule has 0 amide bonds. The molecule has 1 rings (SSSR count). The van der Waals surface area contributed by atoms with Gasteiger partial charge in [0.15, 0.2) is 0 Å². The Balaban J connectivity index is 2.24. The van der Waals surface area contributed by atoms with E-state index in [0.717, 1.165) is 5.56 Å². The van der Waals surface area contributed by atoms with Crippen LogP contribution in [0.3, 0.4) is 0 Å². The summed E-state index contributed by atoms with van der Waals surface area (Å²) in [6.45, 7) is 1.40. The molecule has 8 heteroatoms. The van der Waals surface area contributed by atoms with Crippen molar-refractivity contribution in [2.24, 2.45) is 0 Å². The molecule has 0 saturated heterocycles. The fourth-order valence-electron chi connectivity index (χ4n) is 1.69. The number of carboxylic acid groups (broad SMARTS) is 1. The summed E-state index contributed by atoms with van der Waals surface area (Å²) in [4.78, 5) is 21.7. The van der Waals surface area contributed by atoms with Crippen LogP contribution in [-0.2, 0) is 28.6 Å². The first-order valence-corrected chi connectivity index (χ1v) is 8.55. The molecule has 0 unspecified atom stereocenters. The van der Waals surface area contributed by atoms with E-state index >= 15 is 0 Å². The third-order valence-corrected chi connectivity index (χ3v) is 4.24. The van der Waals surface area contributed by atoms with Crippen molar-refractivity contribution in [3.05, 3.63) is 29.8 Å². The number of unbranched alkanes of at least 4 members (excludes halogenated alkanes) is 1. The number of benzene rings is 1. The Hall–Kier alpha value is -1.93. The van der Waals surface area contributed by atoms with Gasteiger partial charge in [0.2, 0.25) is 0 Å². The fraction of sp³-hybridized carbons (Fsp3) is 0.467. The number of ether oxygens (including phenoxy) is 1. The number of rotatable bonds is 10. The summed E-state index contributed by atoms with van der Waals surface area (Å²) in [5, 5.41) is 8.45. The number of hydrogen-bond donors (Lipinski definition) is 1. The first kappa shape index (κ1) is 19.1. The van der Waals surface area contributed by atoms with Crippen molar-refractivity contribution in [1.82, 2.24) is 0 Å². The van der Waals surface area contributed by atoms with Gasteiger partial charge < -0.3 is 9.84 Å². The molecule has 0 spiro atoms. The van der Waals surface area contributed by atoms with Crippen molar-refractivity contribution in [1.29, 1.82) is 0 Å². The molecule has 0 saturated carbocycles. The second-order valence-electron chi connectivity index (χ2n) is 4.91. The van der Waals surface area contributed by atoms with Gasteiger partial charge in [0.05, 0.1) is 4.90 Å². The van der Waals surface area contributed by atoms with Crippen molar-refractivity contribution in [2.75, 3.05) is 13.2 Å². The predicted molar refractivity (Wildman–Crippen MR) is 81.4 cm³/mol. The smallest absolute Gasteiger partial charge is 0.305 e. The lowest BCUT2D eigenvalue weighted by atomic mass is 10.2. The number of aryl methyl sites for hydroxylation is 1. The lowest BCUT2D eigenvalue weighted by Gasteiger charge is -2.07. The van der Waals surface area contributed by atoms with Gasteiger partial charge in [0, 0.05) is 12.8 Å². The Labute approximate surface area is 135 Å². The Morgan fingerprint density at radius 3 is 2.26 bits per heavy atom. The highest BCUT2D eigenvalue weighted by molar-refractivity contribution is 7.86. The Bertz CT molecular complexity index is 620. The molecule has 1 aromatic carbocycles. The van der Waals surface area contributed by atoms with Crippen LogP contribution in [0.15, 0.2) is 29.2 Å². The Kier molecular flexibility index (Phi) is 7.70. The van der Waals surface area contributed by atoms with Crippen LogP contribution in [0.1, 0.15) is 31.2 Å². The number of carboxylic acids is 1. The second kappa shape index (κ2) is 9.26. The van der Waals surface area contributed by atoms with E-state index in [2.05, 4.69) is 0 Å². The van der Waals surface area contributed by atoms with Crippen molar-refractivity contribution in [2.45, 2.75) is 37.5 Å². The summed E-state index contributed by atoms with van der Waals surface area (Å²) in [6.07, 6.45) is 0.902. The monoisotopic (exact) mass is 344 g/mol. The van der Waals surface area contributed by atoms with Gasteiger partial charge in [-0.05, 0) is 31.9 Å². The largest absolute Gasteiger partial charge is 0.481 e. The molecule has 0 bridgehead atoms. The maximum atomic E-state index is 11.8. The lowest BCUT2D eigenvalue weighted by Crippen LogP contribution is -2.14. The molecule has 0 atom stereocenters. The van der Waals surface area contributed by atoms with E-state index in [0.29, 0.717) is 12.8 Å². The van der Waals surface area contributed by atoms with Crippen LogP contribution in [0, 0.1) is 6.92 Å². The standard InChI is InChI=1S/C15H20O7S/c1-12-6-8-13(9-7-12)23(19,20)22-11-10-21-15(18)5-3-2-4-14(16)17/h6-9H,2-5,10-11H2,1H3,(H,16,17). The summed E-state index contributed by atoms with van der Waals surface area (Å²) in [6, 6.07) is 6.21. The van der Waals surface area contributed by atoms with Crippen LogP contribution < -0.4 is 0 Å². The topological polar surface area (TPSA) is 107 Å². The molecule has 0 aliphatic carbocycles. The van der Waals surface area contributed by atoms with Gasteiger partial charge in [0.1, 0.15) is 13.2 Å². The van der Waals surface area contributed by atoms with E-state index in [1.807, 2.05) is 6.92 Å². The van der Waals surface area contributed by atoms with Crippen molar-refractivity contribution < 1.29 is 32.0 Å². The summed E-state index contributed by atoms with van der Waals surface area (Å²) < 4.78 is 33.3. The fourth-order valence-corrected chi connectivity index (χ4v) is 2.58. The first-order valence-electron chi connectivity index (χ1n) is 7.15. The highest BCUT2D eigenvalue weighted by Gasteiger charge is 2.15. The molecule has 0 aliphatic rings. The predicted octanol–water partition coefficient (Wildman–Crippen LogP) is 1.89. The third kappa shape index (κ3) is 7.75. The third-order valence-electron chi connectivity index (χ3n) is 2.92. The summed E-state index contributed by atoms with van der Waals surface area (Å²) in [5.74, 6) is -1.42. The number of carbonyl (C=O) groups is 2. The second-order valence-corrected chi connectivity index (χ2v) is 6.53.